The third kappa shape index (κ3) is 4.51. The number of likely N-dealkylation sites (tertiary alicyclic amines) is 1. The molecule has 1 saturated heterocycles. The summed E-state index contributed by atoms with van der Waals surface area (Å²) in [5.74, 6) is 0.0431. The van der Waals surface area contributed by atoms with Crippen molar-refractivity contribution < 1.29 is 13.9 Å². The molecule has 3 rings (SSSR count). The Labute approximate surface area is 155 Å². The largest absolute Gasteiger partial charge is 0.480 e. The van der Waals surface area contributed by atoms with Crippen LogP contribution in [0.15, 0.2) is 53.0 Å². The molecule has 1 amide bonds. The molecule has 2 aromatic rings. The van der Waals surface area contributed by atoms with Gasteiger partial charge in [-0.3, -0.25) is 4.79 Å². The predicted octanol–water partition coefficient (Wildman–Crippen LogP) is 4.07. The number of rotatable bonds is 5. The summed E-state index contributed by atoms with van der Waals surface area (Å²) in [5.41, 5.74) is 1.06. The normalized spacial score (nSPS) is 18.0. The second-order valence-electron chi connectivity index (χ2n) is 6.12. The molecule has 0 bridgehead atoms. The van der Waals surface area contributed by atoms with E-state index in [9.17, 15) is 9.18 Å². The van der Waals surface area contributed by atoms with Gasteiger partial charge in [-0.15, -0.1) is 0 Å². The van der Waals surface area contributed by atoms with Crippen LogP contribution in [0, 0.1) is 5.82 Å². The van der Waals surface area contributed by atoms with Crippen molar-refractivity contribution in [3.63, 3.8) is 0 Å². The Morgan fingerprint density at radius 1 is 1.32 bits per heavy atom. The third-order valence-corrected chi connectivity index (χ3v) is 4.81. The molecule has 1 N–H and O–H groups in total. The van der Waals surface area contributed by atoms with Crippen LogP contribution in [0.25, 0.3) is 0 Å². The third-order valence-electron chi connectivity index (χ3n) is 4.19. The molecule has 25 heavy (non-hydrogen) atoms. The van der Waals surface area contributed by atoms with Gasteiger partial charge in [0.1, 0.15) is 11.6 Å². The summed E-state index contributed by atoms with van der Waals surface area (Å²) in [6.45, 7) is 3.06. The Bertz CT molecular complexity index is 741. The summed E-state index contributed by atoms with van der Waals surface area (Å²) < 4.78 is 19.3. The molecule has 6 heteroatoms. The lowest BCUT2D eigenvalue weighted by Crippen LogP contribution is -2.40. The van der Waals surface area contributed by atoms with Gasteiger partial charge in [0.05, 0.1) is 4.47 Å². The maximum absolute atomic E-state index is 13.1. The number of hydrogen-bond donors (Lipinski definition) is 1. The van der Waals surface area contributed by atoms with Gasteiger partial charge < -0.3 is 15.0 Å². The van der Waals surface area contributed by atoms with E-state index in [4.69, 9.17) is 4.74 Å². The SMILES string of the molecule is CC(Oc1ccc(F)cc1Br)C(=O)N1CCC(Nc2ccccc2)C1. The lowest BCUT2D eigenvalue weighted by Gasteiger charge is -2.22. The van der Waals surface area contributed by atoms with Gasteiger partial charge >= 0.3 is 0 Å². The highest BCUT2D eigenvalue weighted by molar-refractivity contribution is 9.10. The number of hydrogen-bond acceptors (Lipinski definition) is 3. The minimum atomic E-state index is -0.628. The van der Waals surface area contributed by atoms with Gasteiger partial charge in [0.25, 0.3) is 5.91 Å². The minimum Gasteiger partial charge on any atom is -0.480 e. The van der Waals surface area contributed by atoms with Crippen LogP contribution in [0.3, 0.4) is 0 Å². The number of carbonyl (C=O) groups is 1. The Morgan fingerprint density at radius 2 is 2.08 bits per heavy atom. The summed E-state index contributed by atoms with van der Waals surface area (Å²) in [6, 6.07) is 14.4. The van der Waals surface area contributed by atoms with E-state index in [1.807, 2.05) is 35.2 Å². The number of halogens is 2. The number of carbonyl (C=O) groups excluding carboxylic acids is 1. The monoisotopic (exact) mass is 406 g/mol. The summed E-state index contributed by atoms with van der Waals surface area (Å²) in [5, 5.41) is 3.45. The quantitative estimate of drug-likeness (QED) is 0.813. The van der Waals surface area contributed by atoms with E-state index in [1.165, 1.54) is 18.2 Å². The maximum atomic E-state index is 13.1. The first-order valence-corrected chi connectivity index (χ1v) is 9.04. The van der Waals surface area contributed by atoms with Crippen molar-refractivity contribution in [3.05, 3.63) is 58.8 Å². The van der Waals surface area contributed by atoms with Crippen molar-refractivity contribution >= 4 is 27.5 Å². The van der Waals surface area contributed by atoms with Gasteiger partial charge in [-0.05, 0) is 59.6 Å². The van der Waals surface area contributed by atoms with Gasteiger partial charge in [-0.25, -0.2) is 4.39 Å². The van der Waals surface area contributed by atoms with Crippen LogP contribution in [-0.4, -0.2) is 36.0 Å². The number of nitrogens with zero attached hydrogens (tertiary/aromatic N) is 1. The van der Waals surface area contributed by atoms with Crippen molar-refractivity contribution in [2.24, 2.45) is 0 Å². The van der Waals surface area contributed by atoms with Crippen LogP contribution in [0.5, 0.6) is 5.75 Å². The summed E-state index contributed by atoms with van der Waals surface area (Å²) in [6.07, 6.45) is 0.269. The molecule has 1 aliphatic heterocycles. The average molecular weight is 407 g/mol. The number of para-hydroxylation sites is 1. The van der Waals surface area contributed by atoms with Crippen LogP contribution in [0.4, 0.5) is 10.1 Å². The molecule has 0 saturated carbocycles. The van der Waals surface area contributed by atoms with Crippen LogP contribution < -0.4 is 10.1 Å². The number of benzene rings is 2. The summed E-state index contributed by atoms with van der Waals surface area (Å²) >= 11 is 3.25. The molecule has 0 aromatic heterocycles. The summed E-state index contributed by atoms with van der Waals surface area (Å²) in [4.78, 5) is 14.4. The zero-order valence-electron chi connectivity index (χ0n) is 13.9. The maximum Gasteiger partial charge on any atom is 0.263 e. The molecular weight excluding hydrogens is 387 g/mol. The number of amides is 1. The smallest absolute Gasteiger partial charge is 0.263 e. The van der Waals surface area contributed by atoms with Crippen LogP contribution in [0.1, 0.15) is 13.3 Å². The lowest BCUT2D eigenvalue weighted by atomic mass is 10.2. The van der Waals surface area contributed by atoms with Crippen molar-refractivity contribution in [1.82, 2.24) is 4.90 Å². The molecule has 132 valence electrons. The van der Waals surface area contributed by atoms with Gasteiger partial charge in [0.15, 0.2) is 6.10 Å². The zero-order valence-corrected chi connectivity index (χ0v) is 15.5. The van der Waals surface area contributed by atoms with E-state index < -0.39 is 6.10 Å². The number of anilines is 1. The topological polar surface area (TPSA) is 41.6 Å². The van der Waals surface area contributed by atoms with E-state index in [0.717, 1.165) is 12.1 Å². The highest BCUT2D eigenvalue weighted by Gasteiger charge is 2.30. The standard InChI is InChI=1S/C19H20BrFN2O2/c1-13(25-18-8-7-14(21)11-17(18)20)19(24)23-10-9-16(12-23)22-15-5-3-2-4-6-15/h2-8,11,13,16,22H,9-10,12H2,1H3. The molecule has 0 spiro atoms. The first-order chi connectivity index (χ1) is 12.0. The molecule has 0 aliphatic carbocycles. The molecule has 2 unspecified atom stereocenters. The van der Waals surface area contributed by atoms with Gasteiger partial charge in [0, 0.05) is 24.8 Å². The Morgan fingerprint density at radius 3 is 2.80 bits per heavy atom. The number of ether oxygens (including phenoxy) is 1. The van der Waals surface area contributed by atoms with E-state index in [-0.39, 0.29) is 17.8 Å². The predicted molar refractivity (Wildman–Crippen MR) is 99.2 cm³/mol. The van der Waals surface area contributed by atoms with Crippen molar-refractivity contribution in [1.29, 1.82) is 0 Å². The average Bonchev–Trinajstić information content (AvgIpc) is 3.06. The fraction of sp³-hybridized carbons (Fsp3) is 0.316. The van der Waals surface area contributed by atoms with Gasteiger partial charge in [-0.1, -0.05) is 18.2 Å². The Hall–Kier alpha value is -2.08. The minimum absolute atomic E-state index is 0.0615. The second-order valence-corrected chi connectivity index (χ2v) is 6.97. The molecule has 1 aliphatic rings. The van der Waals surface area contributed by atoms with Gasteiger partial charge in [-0.2, -0.15) is 0 Å². The van der Waals surface area contributed by atoms with Crippen molar-refractivity contribution in [3.8, 4) is 5.75 Å². The molecule has 0 radical (unpaired) electrons. The fourth-order valence-electron chi connectivity index (χ4n) is 2.92. The highest BCUT2D eigenvalue weighted by atomic mass is 79.9. The number of nitrogens with one attached hydrogen (secondary N) is 1. The second kappa shape index (κ2) is 7.87. The zero-order chi connectivity index (χ0) is 17.8. The first kappa shape index (κ1) is 17.7. The Balaban J connectivity index is 1.56. The molecular formula is C19H20BrFN2O2. The summed E-state index contributed by atoms with van der Waals surface area (Å²) in [7, 11) is 0. The molecule has 4 nitrogen and oxygen atoms in total. The van der Waals surface area contributed by atoms with Crippen LogP contribution in [-0.2, 0) is 4.79 Å². The molecule has 2 aromatic carbocycles. The molecule has 2 atom stereocenters. The van der Waals surface area contributed by atoms with E-state index >= 15 is 0 Å². The Kier molecular flexibility index (Phi) is 5.58. The fourth-order valence-corrected chi connectivity index (χ4v) is 3.36. The van der Waals surface area contributed by atoms with E-state index in [2.05, 4.69) is 21.2 Å². The van der Waals surface area contributed by atoms with Gasteiger partial charge in [0.2, 0.25) is 0 Å². The van der Waals surface area contributed by atoms with Crippen LogP contribution in [0.2, 0.25) is 0 Å². The molecule has 1 fully saturated rings. The highest BCUT2D eigenvalue weighted by Crippen LogP contribution is 2.27. The lowest BCUT2D eigenvalue weighted by molar-refractivity contribution is -0.136. The first-order valence-electron chi connectivity index (χ1n) is 8.25. The van der Waals surface area contributed by atoms with Crippen molar-refractivity contribution in [2.45, 2.75) is 25.5 Å². The van der Waals surface area contributed by atoms with Crippen molar-refractivity contribution in [2.75, 3.05) is 18.4 Å². The molecule has 1 heterocycles. The van der Waals surface area contributed by atoms with E-state index in [1.54, 1.807) is 6.92 Å². The van der Waals surface area contributed by atoms with Crippen LogP contribution >= 0.6 is 15.9 Å². The van der Waals surface area contributed by atoms with E-state index in [0.29, 0.717) is 23.3 Å².